The number of nitrogens with zero attached hydrogens (tertiary/aromatic N) is 3. The molecule has 1 heterocycles. The molecule has 0 unspecified atom stereocenters. The molecule has 3 rings (SSSR count). The topological polar surface area (TPSA) is 97.0 Å². The molecule has 9 heteroatoms. The molecular weight excluding hydrogens is 399 g/mol. The van der Waals surface area contributed by atoms with Crippen molar-refractivity contribution in [3.63, 3.8) is 0 Å². The van der Waals surface area contributed by atoms with Crippen LogP contribution in [0.25, 0.3) is 5.69 Å². The molecule has 0 aliphatic heterocycles. The van der Waals surface area contributed by atoms with E-state index in [0.29, 0.717) is 22.6 Å². The summed E-state index contributed by atoms with van der Waals surface area (Å²) in [5, 5.41) is 15.5. The smallest absolute Gasteiger partial charge is 0.343 e. The quantitative estimate of drug-likeness (QED) is 0.645. The summed E-state index contributed by atoms with van der Waals surface area (Å²) >= 11 is 6.25. The normalized spacial score (nSPS) is 10.3. The lowest BCUT2D eigenvalue weighted by Gasteiger charge is -2.07. The van der Waals surface area contributed by atoms with Crippen LogP contribution < -0.4 is 5.32 Å². The van der Waals surface area contributed by atoms with Gasteiger partial charge in [0.1, 0.15) is 16.5 Å². The first-order valence-electron chi connectivity index (χ1n) is 8.37. The van der Waals surface area contributed by atoms with Crippen LogP contribution in [-0.2, 0) is 9.53 Å². The Bertz CT molecular complexity index is 1100. The summed E-state index contributed by atoms with van der Waals surface area (Å²) in [5.41, 5.74) is 1.71. The minimum atomic E-state index is -0.809. The molecule has 7 nitrogen and oxygen atoms in total. The molecule has 0 saturated carbocycles. The summed E-state index contributed by atoms with van der Waals surface area (Å²) in [4.78, 5) is 24.4. The SMILES string of the molecule is Cc1nn(-c2ccc(F)cc2)c(Cl)c1C(=O)OCC(=O)Nc1ccc(C#N)cc1. The molecule has 0 saturated heterocycles. The van der Waals surface area contributed by atoms with E-state index in [-0.39, 0.29) is 10.7 Å². The maximum atomic E-state index is 13.1. The van der Waals surface area contributed by atoms with E-state index in [1.807, 2.05) is 6.07 Å². The Kier molecular flexibility index (Phi) is 5.90. The number of nitriles is 1. The fourth-order valence-corrected chi connectivity index (χ4v) is 2.86. The first-order valence-corrected chi connectivity index (χ1v) is 8.75. The number of amides is 1. The highest BCUT2D eigenvalue weighted by Crippen LogP contribution is 2.24. The van der Waals surface area contributed by atoms with Crippen LogP contribution in [0.15, 0.2) is 48.5 Å². The van der Waals surface area contributed by atoms with Crippen LogP contribution in [-0.4, -0.2) is 28.3 Å². The number of hydrogen-bond acceptors (Lipinski definition) is 5. The molecular formula is C20H14ClFN4O3. The van der Waals surface area contributed by atoms with Gasteiger partial charge in [0.05, 0.1) is 23.0 Å². The van der Waals surface area contributed by atoms with Crippen LogP contribution in [0.5, 0.6) is 0 Å². The average molecular weight is 413 g/mol. The third-order valence-electron chi connectivity index (χ3n) is 3.91. The molecule has 146 valence electrons. The van der Waals surface area contributed by atoms with Crippen LogP contribution >= 0.6 is 11.6 Å². The van der Waals surface area contributed by atoms with Gasteiger partial charge in [0.25, 0.3) is 5.91 Å². The van der Waals surface area contributed by atoms with Crippen molar-refractivity contribution in [3.8, 4) is 11.8 Å². The number of carbonyl (C=O) groups is 2. The number of benzene rings is 2. The van der Waals surface area contributed by atoms with E-state index in [1.54, 1.807) is 31.2 Å². The maximum absolute atomic E-state index is 13.1. The van der Waals surface area contributed by atoms with Crippen molar-refractivity contribution in [1.29, 1.82) is 5.26 Å². The van der Waals surface area contributed by atoms with Gasteiger partial charge in [0.2, 0.25) is 0 Å². The summed E-state index contributed by atoms with van der Waals surface area (Å²) < 4.78 is 19.4. The van der Waals surface area contributed by atoms with Gasteiger partial charge < -0.3 is 10.1 Å². The minimum Gasteiger partial charge on any atom is -0.452 e. The molecule has 2 aromatic carbocycles. The average Bonchev–Trinajstić information content (AvgIpc) is 3.01. The molecule has 29 heavy (non-hydrogen) atoms. The summed E-state index contributed by atoms with van der Waals surface area (Å²) in [6, 6.07) is 13.6. The van der Waals surface area contributed by atoms with Crippen molar-refractivity contribution in [3.05, 3.63) is 76.3 Å². The van der Waals surface area contributed by atoms with Crippen molar-refractivity contribution < 1.29 is 18.7 Å². The Labute approximate surface area is 170 Å². The lowest BCUT2D eigenvalue weighted by atomic mass is 10.2. The van der Waals surface area contributed by atoms with Crippen LogP contribution in [0, 0.1) is 24.1 Å². The zero-order chi connectivity index (χ0) is 21.0. The predicted molar refractivity (Wildman–Crippen MR) is 103 cm³/mol. The van der Waals surface area contributed by atoms with Crippen LogP contribution in [0.3, 0.4) is 0 Å². The number of hydrogen-bond donors (Lipinski definition) is 1. The zero-order valence-corrected chi connectivity index (χ0v) is 15.9. The van der Waals surface area contributed by atoms with Crippen molar-refractivity contribution in [2.45, 2.75) is 6.92 Å². The van der Waals surface area contributed by atoms with Crippen LogP contribution in [0.1, 0.15) is 21.6 Å². The second-order valence-electron chi connectivity index (χ2n) is 5.95. The number of aryl methyl sites for hydroxylation is 1. The van der Waals surface area contributed by atoms with Gasteiger partial charge in [-0.2, -0.15) is 10.4 Å². The molecule has 1 N–H and O–H groups in total. The molecule has 0 fully saturated rings. The van der Waals surface area contributed by atoms with Gasteiger partial charge in [-0.3, -0.25) is 4.79 Å². The minimum absolute atomic E-state index is 0.00777. The van der Waals surface area contributed by atoms with Gasteiger partial charge in [0.15, 0.2) is 6.61 Å². The molecule has 0 aliphatic rings. The van der Waals surface area contributed by atoms with E-state index in [4.69, 9.17) is 21.6 Å². The summed E-state index contributed by atoms with van der Waals surface area (Å²) in [5.74, 6) is -1.78. The largest absolute Gasteiger partial charge is 0.452 e. The van der Waals surface area contributed by atoms with E-state index in [0.717, 1.165) is 0 Å². The Morgan fingerprint density at radius 2 is 1.86 bits per heavy atom. The maximum Gasteiger partial charge on any atom is 0.343 e. The number of nitrogens with one attached hydrogen (secondary N) is 1. The van der Waals surface area contributed by atoms with Crippen molar-refractivity contribution in [2.75, 3.05) is 11.9 Å². The Hall–Kier alpha value is -3.70. The van der Waals surface area contributed by atoms with Gasteiger partial charge in [0, 0.05) is 5.69 Å². The number of halogens is 2. The van der Waals surface area contributed by atoms with E-state index >= 15 is 0 Å². The molecule has 0 spiro atoms. The second-order valence-corrected chi connectivity index (χ2v) is 6.31. The molecule has 0 aliphatic carbocycles. The highest BCUT2D eigenvalue weighted by molar-refractivity contribution is 6.33. The van der Waals surface area contributed by atoms with Gasteiger partial charge in [-0.1, -0.05) is 11.6 Å². The van der Waals surface area contributed by atoms with Crippen molar-refractivity contribution in [1.82, 2.24) is 9.78 Å². The lowest BCUT2D eigenvalue weighted by Crippen LogP contribution is -2.21. The first-order chi connectivity index (χ1) is 13.9. The van der Waals surface area contributed by atoms with Crippen molar-refractivity contribution >= 4 is 29.2 Å². The third kappa shape index (κ3) is 4.59. The molecule has 0 radical (unpaired) electrons. The zero-order valence-electron chi connectivity index (χ0n) is 15.1. The summed E-state index contributed by atoms with van der Waals surface area (Å²) in [7, 11) is 0. The van der Waals surface area contributed by atoms with Gasteiger partial charge >= 0.3 is 5.97 Å². The third-order valence-corrected chi connectivity index (χ3v) is 4.26. The van der Waals surface area contributed by atoms with E-state index in [1.165, 1.54) is 28.9 Å². The van der Waals surface area contributed by atoms with Gasteiger partial charge in [-0.25, -0.2) is 13.9 Å². The van der Waals surface area contributed by atoms with E-state index in [2.05, 4.69) is 10.4 Å². The number of ether oxygens (including phenoxy) is 1. The van der Waals surface area contributed by atoms with Gasteiger partial charge in [-0.05, 0) is 55.5 Å². The van der Waals surface area contributed by atoms with E-state index < -0.39 is 24.3 Å². The van der Waals surface area contributed by atoms with Crippen LogP contribution in [0.4, 0.5) is 10.1 Å². The molecule has 0 atom stereocenters. The lowest BCUT2D eigenvalue weighted by molar-refractivity contribution is -0.119. The number of esters is 1. The fraction of sp³-hybridized carbons (Fsp3) is 0.100. The standard InChI is InChI=1S/C20H14ClFN4O3/c1-12-18(19(21)26(25-12)16-8-4-14(22)5-9-16)20(28)29-11-17(27)24-15-6-2-13(10-23)3-7-15/h2-9H,11H2,1H3,(H,24,27). The Morgan fingerprint density at radius 3 is 2.48 bits per heavy atom. The summed E-state index contributed by atoms with van der Waals surface area (Å²) in [6.45, 7) is 1.04. The number of carbonyl (C=O) groups excluding carboxylic acids is 2. The molecule has 3 aromatic rings. The second kappa shape index (κ2) is 8.54. The molecule has 0 bridgehead atoms. The van der Waals surface area contributed by atoms with Crippen molar-refractivity contribution in [2.24, 2.45) is 0 Å². The monoisotopic (exact) mass is 412 g/mol. The molecule has 1 amide bonds. The Morgan fingerprint density at radius 1 is 1.21 bits per heavy atom. The Balaban J connectivity index is 1.66. The number of rotatable bonds is 5. The fourth-order valence-electron chi connectivity index (χ4n) is 2.51. The first kappa shape index (κ1) is 20.0. The predicted octanol–water partition coefficient (Wildman–Crippen LogP) is 3.64. The van der Waals surface area contributed by atoms with Crippen LogP contribution in [0.2, 0.25) is 5.15 Å². The highest BCUT2D eigenvalue weighted by atomic mass is 35.5. The highest BCUT2D eigenvalue weighted by Gasteiger charge is 2.23. The summed E-state index contributed by atoms with van der Waals surface area (Å²) in [6.07, 6.45) is 0. The molecule has 1 aromatic heterocycles. The number of aromatic nitrogens is 2. The number of anilines is 1. The van der Waals surface area contributed by atoms with Gasteiger partial charge in [-0.15, -0.1) is 0 Å². The van der Waals surface area contributed by atoms with E-state index in [9.17, 15) is 14.0 Å².